The van der Waals surface area contributed by atoms with Gasteiger partial charge in [-0.25, -0.2) is 0 Å². The maximum Gasteiger partial charge on any atom is 0.230 e. The summed E-state index contributed by atoms with van der Waals surface area (Å²) >= 11 is 0. The summed E-state index contributed by atoms with van der Waals surface area (Å²) in [7, 11) is 3.23. The average Bonchev–Trinajstić information content (AvgIpc) is 3.14. The van der Waals surface area contributed by atoms with Gasteiger partial charge in [-0.15, -0.1) is 0 Å². The Morgan fingerprint density at radius 3 is 2.38 bits per heavy atom. The van der Waals surface area contributed by atoms with Gasteiger partial charge in [0.2, 0.25) is 5.88 Å². The van der Waals surface area contributed by atoms with Gasteiger partial charge in [-0.3, -0.25) is 4.90 Å². The topological polar surface area (TPSA) is 77.0 Å². The van der Waals surface area contributed by atoms with Crippen molar-refractivity contribution in [2.24, 2.45) is 0 Å². The van der Waals surface area contributed by atoms with E-state index in [1.54, 1.807) is 14.2 Å². The van der Waals surface area contributed by atoms with E-state index in [9.17, 15) is 0 Å². The number of methoxy groups -OCH3 is 2. The summed E-state index contributed by atoms with van der Waals surface area (Å²) in [5.41, 5.74) is 9.93. The Labute approximate surface area is 170 Å². The second kappa shape index (κ2) is 8.45. The molecular weight excluding hydrogens is 368 g/mol. The minimum atomic E-state index is 0.315. The van der Waals surface area contributed by atoms with Gasteiger partial charge in [-0.2, -0.15) is 0 Å². The monoisotopic (exact) mass is 394 g/mol. The first kappa shape index (κ1) is 19.1. The van der Waals surface area contributed by atoms with Crippen LogP contribution in [0.25, 0.3) is 11.1 Å². The van der Waals surface area contributed by atoms with Crippen molar-refractivity contribution in [2.45, 2.75) is 6.54 Å². The lowest BCUT2D eigenvalue weighted by atomic mass is 10.0. The Kier molecular flexibility index (Phi) is 5.57. The number of anilines is 2. The number of aromatic nitrogens is 1. The summed E-state index contributed by atoms with van der Waals surface area (Å²) in [5, 5.41) is 4.23. The minimum Gasteiger partial charge on any atom is -0.493 e. The average molecular weight is 394 g/mol. The quantitative estimate of drug-likeness (QED) is 0.688. The minimum absolute atomic E-state index is 0.315. The molecule has 0 spiro atoms. The van der Waals surface area contributed by atoms with Crippen molar-refractivity contribution < 1.29 is 14.0 Å². The van der Waals surface area contributed by atoms with Crippen LogP contribution in [0.5, 0.6) is 11.5 Å². The molecule has 2 N–H and O–H groups in total. The lowest BCUT2D eigenvalue weighted by molar-refractivity contribution is 0.242. The molecule has 0 amide bonds. The first-order valence-electron chi connectivity index (χ1n) is 9.68. The second-order valence-electron chi connectivity index (χ2n) is 7.04. The summed E-state index contributed by atoms with van der Waals surface area (Å²) in [6.45, 7) is 4.54. The summed E-state index contributed by atoms with van der Waals surface area (Å²) < 4.78 is 16.1. The van der Waals surface area contributed by atoms with Gasteiger partial charge >= 0.3 is 0 Å². The summed E-state index contributed by atoms with van der Waals surface area (Å²) in [6, 6.07) is 16.2. The molecule has 0 atom stereocenters. The van der Waals surface area contributed by atoms with Gasteiger partial charge in [0.25, 0.3) is 0 Å². The first-order chi connectivity index (χ1) is 14.2. The largest absolute Gasteiger partial charge is 0.493 e. The van der Waals surface area contributed by atoms with E-state index in [-0.39, 0.29) is 0 Å². The number of nitrogens with two attached hydrogens (primary N) is 1. The van der Waals surface area contributed by atoms with E-state index in [0.29, 0.717) is 23.9 Å². The van der Waals surface area contributed by atoms with E-state index in [0.717, 1.165) is 43.0 Å². The third kappa shape index (κ3) is 4.00. The van der Waals surface area contributed by atoms with Gasteiger partial charge in [0.15, 0.2) is 11.5 Å². The second-order valence-corrected chi connectivity index (χ2v) is 7.04. The number of ether oxygens (including phenoxy) is 2. The molecule has 29 heavy (non-hydrogen) atoms. The van der Waals surface area contributed by atoms with E-state index < -0.39 is 0 Å². The first-order valence-corrected chi connectivity index (χ1v) is 9.68. The van der Waals surface area contributed by atoms with E-state index in [2.05, 4.69) is 39.2 Å². The van der Waals surface area contributed by atoms with Crippen LogP contribution >= 0.6 is 0 Å². The molecule has 2 aromatic carbocycles. The van der Waals surface area contributed by atoms with Gasteiger partial charge in [0.1, 0.15) is 5.69 Å². The number of hydrogen-bond acceptors (Lipinski definition) is 7. The summed E-state index contributed by atoms with van der Waals surface area (Å²) in [4.78, 5) is 4.78. The van der Waals surface area contributed by atoms with Crippen molar-refractivity contribution in [3.8, 4) is 22.6 Å². The zero-order valence-electron chi connectivity index (χ0n) is 16.8. The van der Waals surface area contributed by atoms with E-state index >= 15 is 0 Å². The van der Waals surface area contributed by atoms with Crippen molar-refractivity contribution in [3.05, 3.63) is 54.2 Å². The number of benzene rings is 2. The van der Waals surface area contributed by atoms with Gasteiger partial charge < -0.3 is 24.6 Å². The Morgan fingerprint density at radius 1 is 0.966 bits per heavy atom. The zero-order valence-corrected chi connectivity index (χ0v) is 16.8. The molecule has 3 aromatic rings. The molecule has 1 aliphatic rings. The van der Waals surface area contributed by atoms with Crippen LogP contribution < -0.4 is 20.1 Å². The fourth-order valence-electron chi connectivity index (χ4n) is 3.76. The molecule has 0 radical (unpaired) electrons. The molecule has 0 aliphatic carbocycles. The number of hydrogen-bond donors (Lipinski definition) is 1. The number of nitrogens with zero attached hydrogens (tertiary/aromatic N) is 3. The molecule has 1 saturated heterocycles. The van der Waals surface area contributed by atoms with E-state index in [1.165, 1.54) is 5.69 Å². The highest BCUT2D eigenvalue weighted by molar-refractivity contribution is 5.77. The van der Waals surface area contributed by atoms with Crippen LogP contribution in [0.3, 0.4) is 0 Å². The van der Waals surface area contributed by atoms with Gasteiger partial charge in [0.05, 0.1) is 19.8 Å². The van der Waals surface area contributed by atoms with E-state index in [1.807, 2.05) is 24.3 Å². The van der Waals surface area contributed by atoms with Crippen LogP contribution in [0.15, 0.2) is 53.1 Å². The third-order valence-electron chi connectivity index (χ3n) is 5.33. The molecule has 1 aromatic heterocycles. The van der Waals surface area contributed by atoms with Crippen LogP contribution in [0.1, 0.15) is 5.69 Å². The SMILES string of the molecule is COc1ccc(-c2c(CN3CCN(c4ccccc4)CC3)noc2N)cc1OC. The van der Waals surface area contributed by atoms with Crippen molar-refractivity contribution in [1.29, 1.82) is 0 Å². The Bertz CT molecular complexity index is 950. The fourth-order valence-corrected chi connectivity index (χ4v) is 3.76. The lowest BCUT2D eigenvalue weighted by Gasteiger charge is -2.35. The Morgan fingerprint density at radius 2 is 1.69 bits per heavy atom. The van der Waals surface area contributed by atoms with Crippen LogP contribution in [0.2, 0.25) is 0 Å². The summed E-state index contributed by atoms with van der Waals surface area (Å²) in [6.07, 6.45) is 0. The lowest BCUT2D eigenvalue weighted by Crippen LogP contribution is -2.46. The van der Waals surface area contributed by atoms with E-state index in [4.69, 9.17) is 19.7 Å². The molecule has 7 nitrogen and oxygen atoms in total. The molecule has 7 heteroatoms. The van der Waals surface area contributed by atoms with Crippen LogP contribution in [-0.2, 0) is 6.54 Å². The fraction of sp³-hybridized carbons (Fsp3) is 0.318. The standard InChI is InChI=1S/C22H26N4O3/c1-27-19-9-8-16(14-20(19)28-2)21-18(24-29-22(21)23)15-25-10-12-26(13-11-25)17-6-4-3-5-7-17/h3-9,14H,10-13,15,23H2,1-2H3. The zero-order chi connectivity index (χ0) is 20.2. The van der Waals surface area contributed by atoms with Crippen molar-refractivity contribution in [1.82, 2.24) is 10.1 Å². The predicted octanol–water partition coefficient (Wildman–Crippen LogP) is 3.26. The molecule has 152 valence electrons. The molecule has 1 aliphatic heterocycles. The highest BCUT2D eigenvalue weighted by Gasteiger charge is 2.23. The van der Waals surface area contributed by atoms with Crippen LogP contribution in [0, 0.1) is 0 Å². The number of nitrogen functional groups attached to an aromatic ring is 1. The van der Waals surface area contributed by atoms with Crippen LogP contribution in [0.4, 0.5) is 11.6 Å². The highest BCUT2D eigenvalue weighted by Crippen LogP contribution is 2.36. The predicted molar refractivity (Wildman–Crippen MR) is 113 cm³/mol. The summed E-state index contributed by atoms with van der Waals surface area (Å²) in [5.74, 6) is 1.63. The smallest absolute Gasteiger partial charge is 0.230 e. The van der Waals surface area contributed by atoms with Crippen molar-refractivity contribution in [2.75, 3.05) is 51.0 Å². The maximum absolute atomic E-state index is 6.11. The molecule has 0 saturated carbocycles. The molecular formula is C22H26N4O3. The van der Waals surface area contributed by atoms with Gasteiger partial charge in [-0.05, 0) is 29.8 Å². The Hall–Kier alpha value is -3.19. The Balaban J connectivity index is 1.49. The van der Waals surface area contributed by atoms with Crippen molar-refractivity contribution >= 4 is 11.6 Å². The number of rotatable bonds is 6. The van der Waals surface area contributed by atoms with Crippen molar-refractivity contribution in [3.63, 3.8) is 0 Å². The molecule has 2 heterocycles. The molecule has 0 unspecified atom stereocenters. The third-order valence-corrected chi connectivity index (χ3v) is 5.33. The maximum atomic E-state index is 6.11. The number of piperazine rings is 1. The molecule has 0 bridgehead atoms. The highest BCUT2D eigenvalue weighted by atomic mass is 16.5. The molecule has 1 fully saturated rings. The number of para-hydroxylation sites is 1. The van der Waals surface area contributed by atoms with Gasteiger partial charge in [0, 0.05) is 38.4 Å². The normalized spacial score (nSPS) is 14.8. The van der Waals surface area contributed by atoms with Crippen LogP contribution in [-0.4, -0.2) is 50.5 Å². The van der Waals surface area contributed by atoms with Gasteiger partial charge in [-0.1, -0.05) is 29.4 Å². The molecule has 4 rings (SSSR count).